The molecule has 0 bridgehead atoms. The number of nitrogens with one attached hydrogen (secondary N) is 1. The molecule has 0 radical (unpaired) electrons. The van der Waals surface area contributed by atoms with E-state index in [1.54, 1.807) is 7.11 Å². The fourth-order valence-electron chi connectivity index (χ4n) is 4.53. The lowest BCUT2D eigenvalue weighted by Gasteiger charge is -2.15. The van der Waals surface area contributed by atoms with Gasteiger partial charge in [0.2, 0.25) is 5.91 Å². The number of carbonyl (C=O) groups excluding carboxylic acids is 1. The molecule has 1 heterocycles. The topological polar surface area (TPSA) is 69.0 Å². The van der Waals surface area contributed by atoms with Crippen LogP contribution in [0.5, 0.6) is 5.75 Å². The van der Waals surface area contributed by atoms with Crippen LogP contribution >= 0.6 is 11.8 Å². The van der Waals surface area contributed by atoms with Gasteiger partial charge in [-0.1, -0.05) is 96.7 Å². The molecule has 1 N–H and O–H groups in total. The third kappa shape index (κ3) is 6.79. The number of aromatic nitrogens is 3. The van der Waals surface area contributed by atoms with E-state index >= 15 is 0 Å². The lowest BCUT2D eigenvalue weighted by Crippen LogP contribution is -2.28. The maximum atomic E-state index is 12.9. The summed E-state index contributed by atoms with van der Waals surface area (Å²) in [6, 6.07) is 36.6. The second-order valence-electron chi connectivity index (χ2n) is 9.49. The summed E-state index contributed by atoms with van der Waals surface area (Å²) in [6.45, 7) is 2.71. The second-order valence-corrected chi connectivity index (χ2v) is 10.4. The molecule has 1 atom stereocenters. The summed E-state index contributed by atoms with van der Waals surface area (Å²) >= 11 is 1.40. The average Bonchev–Trinajstić information content (AvgIpc) is 3.42. The molecule has 0 spiro atoms. The number of ether oxygens (including phenoxy) is 1. The first kappa shape index (κ1) is 27.2. The lowest BCUT2D eigenvalue weighted by atomic mass is 10.0. The van der Waals surface area contributed by atoms with Crippen molar-refractivity contribution in [2.45, 2.75) is 31.1 Å². The predicted molar refractivity (Wildman–Crippen MR) is 161 cm³/mol. The largest absolute Gasteiger partial charge is 0.497 e. The molecular formula is C33H32N4O2S. The van der Waals surface area contributed by atoms with Crippen LogP contribution < -0.4 is 10.1 Å². The van der Waals surface area contributed by atoms with Crippen LogP contribution in [0.4, 0.5) is 0 Å². The van der Waals surface area contributed by atoms with Crippen molar-refractivity contribution in [1.82, 2.24) is 20.1 Å². The normalized spacial score (nSPS) is 11.7. The number of methoxy groups -OCH3 is 1. The maximum absolute atomic E-state index is 12.9. The fourth-order valence-corrected chi connectivity index (χ4v) is 5.30. The molecule has 1 amide bonds. The van der Waals surface area contributed by atoms with Gasteiger partial charge in [0.05, 0.1) is 18.9 Å². The van der Waals surface area contributed by atoms with E-state index in [0.29, 0.717) is 6.54 Å². The minimum Gasteiger partial charge on any atom is -0.497 e. The average molecular weight is 549 g/mol. The summed E-state index contributed by atoms with van der Waals surface area (Å²) in [6.07, 6.45) is 0.831. The number of amides is 1. The van der Waals surface area contributed by atoms with E-state index < -0.39 is 0 Å². The second kappa shape index (κ2) is 13.1. The summed E-state index contributed by atoms with van der Waals surface area (Å²) < 4.78 is 7.40. The highest BCUT2D eigenvalue weighted by atomic mass is 32.2. The molecule has 6 nitrogen and oxygen atoms in total. The SMILES string of the molecule is COc1ccc(-c2nnc(SCC(=O)NC(C)c3ccc(-c4ccccc4)cc3)n2CCc2ccccc2)cc1. The Morgan fingerprint density at radius 1 is 0.825 bits per heavy atom. The van der Waals surface area contributed by atoms with Crippen LogP contribution in [0.15, 0.2) is 114 Å². The molecule has 0 aliphatic carbocycles. The van der Waals surface area contributed by atoms with Gasteiger partial charge >= 0.3 is 0 Å². The summed E-state index contributed by atoms with van der Waals surface area (Å²) in [7, 11) is 1.65. The number of benzene rings is 4. The van der Waals surface area contributed by atoms with Crippen molar-refractivity contribution in [2.75, 3.05) is 12.9 Å². The van der Waals surface area contributed by atoms with Gasteiger partial charge in [0.15, 0.2) is 11.0 Å². The molecule has 0 saturated carbocycles. The van der Waals surface area contributed by atoms with Crippen molar-refractivity contribution in [3.8, 4) is 28.3 Å². The van der Waals surface area contributed by atoms with E-state index in [1.807, 2.05) is 67.6 Å². The molecular weight excluding hydrogens is 516 g/mol. The molecule has 0 saturated heterocycles. The quantitative estimate of drug-likeness (QED) is 0.183. The van der Waals surface area contributed by atoms with Crippen LogP contribution in [0, 0.1) is 0 Å². The minimum atomic E-state index is -0.108. The summed E-state index contributed by atoms with van der Waals surface area (Å²) in [5.74, 6) is 1.76. The van der Waals surface area contributed by atoms with E-state index in [-0.39, 0.29) is 17.7 Å². The lowest BCUT2D eigenvalue weighted by molar-refractivity contribution is -0.119. The highest BCUT2D eigenvalue weighted by molar-refractivity contribution is 7.99. The number of hydrogen-bond acceptors (Lipinski definition) is 5. The Kier molecular flexibility index (Phi) is 8.93. The van der Waals surface area contributed by atoms with Gasteiger partial charge in [-0.3, -0.25) is 4.79 Å². The van der Waals surface area contributed by atoms with E-state index in [0.717, 1.165) is 39.8 Å². The Labute approximate surface area is 239 Å². The first-order valence-electron chi connectivity index (χ1n) is 13.3. The first-order chi connectivity index (χ1) is 19.6. The van der Waals surface area contributed by atoms with Crippen LogP contribution in [0.3, 0.4) is 0 Å². The molecule has 1 aromatic heterocycles. The van der Waals surface area contributed by atoms with Crippen LogP contribution in [0.2, 0.25) is 0 Å². The van der Waals surface area contributed by atoms with Crippen molar-refractivity contribution in [1.29, 1.82) is 0 Å². The molecule has 7 heteroatoms. The van der Waals surface area contributed by atoms with E-state index in [2.05, 4.69) is 68.6 Å². The standard InChI is InChI=1S/C33H32N4O2S/c1-24(26-13-15-28(16-14-26)27-11-7-4-8-12-27)34-31(38)23-40-33-36-35-32(29-17-19-30(39-2)20-18-29)37(33)22-21-25-9-5-3-6-10-25/h3-20,24H,21-23H2,1-2H3,(H,34,38). The monoisotopic (exact) mass is 548 g/mol. The number of aryl methyl sites for hydroxylation is 1. The zero-order valence-electron chi connectivity index (χ0n) is 22.7. The van der Waals surface area contributed by atoms with Crippen molar-refractivity contribution in [2.24, 2.45) is 0 Å². The highest BCUT2D eigenvalue weighted by Crippen LogP contribution is 2.27. The molecule has 5 aromatic rings. The molecule has 0 aliphatic rings. The Bertz CT molecular complexity index is 1520. The number of carbonyl (C=O) groups is 1. The van der Waals surface area contributed by atoms with E-state index in [9.17, 15) is 4.79 Å². The van der Waals surface area contributed by atoms with Gasteiger partial charge < -0.3 is 14.6 Å². The summed E-state index contributed by atoms with van der Waals surface area (Å²) in [5.41, 5.74) is 5.57. The number of nitrogens with zero attached hydrogens (tertiary/aromatic N) is 3. The Morgan fingerprint density at radius 2 is 1.45 bits per heavy atom. The van der Waals surface area contributed by atoms with Gasteiger partial charge in [0.1, 0.15) is 5.75 Å². The van der Waals surface area contributed by atoms with Gasteiger partial charge in [-0.2, -0.15) is 0 Å². The minimum absolute atomic E-state index is 0.0479. The van der Waals surface area contributed by atoms with E-state index in [1.165, 1.54) is 22.9 Å². The highest BCUT2D eigenvalue weighted by Gasteiger charge is 2.17. The summed E-state index contributed by atoms with van der Waals surface area (Å²) in [5, 5.41) is 12.8. The predicted octanol–water partition coefficient (Wildman–Crippen LogP) is 6.83. The third-order valence-corrected chi connectivity index (χ3v) is 7.73. The zero-order chi connectivity index (χ0) is 27.7. The Morgan fingerprint density at radius 3 is 2.12 bits per heavy atom. The van der Waals surface area contributed by atoms with Gasteiger partial charge in [0.25, 0.3) is 0 Å². The number of hydrogen-bond donors (Lipinski definition) is 1. The third-order valence-electron chi connectivity index (χ3n) is 6.76. The van der Waals surface area contributed by atoms with Gasteiger partial charge in [-0.05, 0) is 59.9 Å². The molecule has 202 valence electrons. The molecule has 4 aromatic carbocycles. The molecule has 40 heavy (non-hydrogen) atoms. The van der Waals surface area contributed by atoms with Crippen molar-refractivity contribution >= 4 is 17.7 Å². The Balaban J connectivity index is 1.25. The molecule has 0 aliphatic heterocycles. The molecule has 1 unspecified atom stereocenters. The maximum Gasteiger partial charge on any atom is 0.230 e. The van der Waals surface area contributed by atoms with Crippen LogP contribution in [-0.4, -0.2) is 33.5 Å². The van der Waals surface area contributed by atoms with Crippen LogP contribution in [-0.2, 0) is 17.8 Å². The number of rotatable bonds is 11. The fraction of sp³-hybridized carbons (Fsp3) is 0.182. The zero-order valence-corrected chi connectivity index (χ0v) is 23.5. The van der Waals surface area contributed by atoms with Crippen molar-refractivity contribution in [3.05, 3.63) is 120 Å². The summed E-state index contributed by atoms with van der Waals surface area (Å²) in [4.78, 5) is 12.9. The van der Waals surface area contributed by atoms with Crippen LogP contribution in [0.25, 0.3) is 22.5 Å². The number of thioether (sulfide) groups is 1. The van der Waals surface area contributed by atoms with Crippen LogP contribution in [0.1, 0.15) is 24.1 Å². The van der Waals surface area contributed by atoms with Gasteiger partial charge in [0, 0.05) is 12.1 Å². The van der Waals surface area contributed by atoms with E-state index in [4.69, 9.17) is 4.74 Å². The molecule has 5 rings (SSSR count). The molecule has 0 fully saturated rings. The first-order valence-corrected chi connectivity index (χ1v) is 14.3. The van der Waals surface area contributed by atoms with Gasteiger partial charge in [-0.15, -0.1) is 10.2 Å². The smallest absolute Gasteiger partial charge is 0.230 e. The van der Waals surface area contributed by atoms with Gasteiger partial charge in [-0.25, -0.2) is 0 Å². The van der Waals surface area contributed by atoms with Crippen molar-refractivity contribution < 1.29 is 9.53 Å². The van der Waals surface area contributed by atoms with Crippen molar-refractivity contribution in [3.63, 3.8) is 0 Å². The Hall–Kier alpha value is -4.36.